The van der Waals surface area contributed by atoms with E-state index in [9.17, 15) is 9.59 Å². The maximum Gasteiger partial charge on any atom is 0.317 e. The van der Waals surface area contributed by atoms with Crippen LogP contribution in [0.25, 0.3) is 0 Å². The summed E-state index contributed by atoms with van der Waals surface area (Å²) in [7, 11) is 1.40. The highest BCUT2D eigenvalue weighted by Gasteiger charge is 2.29. The zero-order valence-electron chi connectivity index (χ0n) is 12.1. The summed E-state index contributed by atoms with van der Waals surface area (Å²) in [5, 5.41) is 3.00. The van der Waals surface area contributed by atoms with Crippen molar-refractivity contribution in [3.63, 3.8) is 0 Å². The van der Waals surface area contributed by atoms with Crippen LogP contribution in [-0.4, -0.2) is 43.6 Å². The molecule has 0 unspecified atom stereocenters. The van der Waals surface area contributed by atoms with Crippen LogP contribution < -0.4 is 5.32 Å². The molecule has 0 aromatic carbocycles. The third-order valence-electron chi connectivity index (χ3n) is 4.16. The first kappa shape index (κ1) is 14.9. The molecule has 112 valence electrons. The van der Waals surface area contributed by atoms with Crippen molar-refractivity contribution in [2.45, 2.75) is 32.1 Å². The van der Waals surface area contributed by atoms with Crippen LogP contribution in [0, 0.1) is 11.8 Å². The number of hydrogen-bond donors (Lipinski definition) is 1. The maximum absolute atomic E-state index is 12.1. The first-order valence-corrected chi connectivity index (χ1v) is 7.46. The Kier molecular flexibility index (Phi) is 5.44. The second-order valence-corrected chi connectivity index (χ2v) is 5.64. The number of allylic oxidation sites excluding steroid dienone is 2. The van der Waals surface area contributed by atoms with E-state index >= 15 is 0 Å². The van der Waals surface area contributed by atoms with Crippen molar-refractivity contribution in [3.8, 4) is 0 Å². The molecule has 1 fully saturated rings. The van der Waals surface area contributed by atoms with Gasteiger partial charge in [-0.1, -0.05) is 12.2 Å². The average molecular weight is 280 g/mol. The van der Waals surface area contributed by atoms with Gasteiger partial charge in [-0.25, -0.2) is 4.79 Å². The van der Waals surface area contributed by atoms with Gasteiger partial charge in [-0.05, 0) is 38.0 Å². The fourth-order valence-corrected chi connectivity index (χ4v) is 2.91. The second-order valence-electron chi connectivity index (χ2n) is 5.64. The number of nitrogens with one attached hydrogen (secondary N) is 1. The van der Waals surface area contributed by atoms with Crippen molar-refractivity contribution in [1.29, 1.82) is 0 Å². The van der Waals surface area contributed by atoms with E-state index in [1.54, 1.807) is 4.90 Å². The number of esters is 1. The molecule has 0 bridgehead atoms. The molecule has 0 saturated carbocycles. The van der Waals surface area contributed by atoms with Gasteiger partial charge in [0, 0.05) is 19.6 Å². The van der Waals surface area contributed by atoms with Crippen LogP contribution in [0.4, 0.5) is 4.79 Å². The summed E-state index contributed by atoms with van der Waals surface area (Å²) in [6, 6.07) is -0.0480. The molecule has 5 nitrogen and oxygen atoms in total. The molecule has 1 saturated heterocycles. The van der Waals surface area contributed by atoms with E-state index in [0.717, 1.165) is 45.2 Å². The number of piperidine rings is 1. The van der Waals surface area contributed by atoms with Gasteiger partial charge < -0.3 is 15.0 Å². The van der Waals surface area contributed by atoms with Gasteiger partial charge in [0.25, 0.3) is 0 Å². The molecule has 2 atom stereocenters. The Morgan fingerprint density at radius 1 is 1.35 bits per heavy atom. The van der Waals surface area contributed by atoms with Crippen molar-refractivity contribution >= 4 is 12.0 Å². The van der Waals surface area contributed by atoms with Crippen LogP contribution in [-0.2, 0) is 9.53 Å². The van der Waals surface area contributed by atoms with Crippen LogP contribution in [0.2, 0.25) is 0 Å². The SMILES string of the molecule is COC(=O)[C@H]1CCCN(C(=O)NC[C@@H]2CC=CCC2)C1. The Morgan fingerprint density at radius 3 is 2.90 bits per heavy atom. The van der Waals surface area contributed by atoms with E-state index in [1.165, 1.54) is 7.11 Å². The molecular weight excluding hydrogens is 256 g/mol. The van der Waals surface area contributed by atoms with Crippen molar-refractivity contribution in [1.82, 2.24) is 10.2 Å². The van der Waals surface area contributed by atoms with Gasteiger partial charge in [0.1, 0.15) is 0 Å². The minimum absolute atomic E-state index is 0.0480. The van der Waals surface area contributed by atoms with Gasteiger partial charge in [0.05, 0.1) is 13.0 Å². The number of urea groups is 1. The van der Waals surface area contributed by atoms with Crippen LogP contribution in [0.3, 0.4) is 0 Å². The van der Waals surface area contributed by atoms with Gasteiger partial charge in [-0.3, -0.25) is 4.79 Å². The zero-order chi connectivity index (χ0) is 14.4. The standard InChI is InChI=1S/C15H24N2O3/c1-20-14(18)13-8-5-9-17(11-13)15(19)16-10-12-6-3-2-4-7-12/h2-3,12-13H,4-11H2,1H3,(H,16,19)/t12-,13+/m1/s1. The van der Waals surface area contributed by atoms with Crippen LogP contribution in [0.15, 0.2) is 12.2 Å². The largest absolute Gasteiger partial charge is 0.469 e. The lowest BCUT2D eigenvalue weighted by atomic mass is 9.94. The molecule has 2 aliphatic rings. The van der Waals surface area contributed by atoms with Gasteiger partial charge in [-0.15, -0.1) is 0 Å². The third kappa shape index (κ3) is 3.99. The molecule has 1 N–H and O–H groups in total. The fourth-order valence-electron chi connectivity index (χ4n) is 2.91. The molecule has 2 rings (SSSR count). The van der Waals surface area contributed by atoms with Crippen molar-refractivity contribution < 1.29 is 14.3 Å². The fraction of sp³-hybridized carbons (Fsp3) is 0.733. The molecule has 1 heterocycles. The Hall–Kier alpha value is -1.52. The first-order chi connectivity index (χ1) is 9.70. The average Bonchev–Trinajstić information content (AvgIpc) is 2.53. The maximum atomic E-state index is 12.1. The normalized spacial score (nSPS) is 26.1. The van der Waals surface area contributed by atoms with E-state index in [-0.39, 0.29) is 17.9 Å². The molecule has 2 amide bonds. The summed E-state index contributed by atoms with van der Waals surface area (Å²) in [6.45, 7) is 1.93. The Labute approximate surface area is 120 Å². The Morgan fingerprint density at radius 2 is 2.20 bits per heavy atom. The number of nitrogens with zero attached hydrogens (tertiary/aromatic N) is 1. The summed E-state index contributed by atoms with van der Waals surface area (Å²) >= 11 is 0. The minimum atomic E-state index is -0.208. The molecule has 0 spiro atoms. The lowest BCUT2D eigenvalue weighted by Crippen LogP contribution is -2.48. The highest BCUT2D eigenvalue weighted by molar-refractivity contribution is 5.77. The lowest BCUT2D eigenvalue weighted by Gasteiger charge is -2.32. The zero-order valence-corrected chi connectivity index (χ0v) is 12.1. The highest BCUT2D eigenvalue weighted by atomic mass is 16.5. The third-order valence-corrected chi connectivity index (χ3v) is 4.16. The number of hydrogen-bond acceptors (Lipinski definition) is 3. The quantitative estimate of drug-likeness (QED) is 0.635. The van der Waals surface area contributed by atoms with Crippen LogP contribution in [0.5, 0.6) is 0 Å². The van der Waals surface area contributed by atoms with Crippen molar-refractivity contribution in [2.75, 3.05) is 26.7 Å². The smallest absolute Gasteiger partial charge is 0.317 e. The number of carbonyl (C=O) groups excluding carboxylic acids is 2. The Bertz CT molecular complexity index is 381. The number of ether oxygens (including phenoxy) is 1. The van der Waals surface area contributed by atoms with E-state index < -0.39 is 0 Å². The topological polar surface area (TPSA) is 58.6 Å². The van der Waals surface area contributed by atoms with Gasteiger partial charge in [0.15, 0.2) is 0 Å². The Balaban J connectivity index is 1.76. The van der Waals surface area contributed by atoms with E-state index in [1.807, 2.05) is 0 Å². The van der Waals surface area contributed by atoms with Gasteiger partial charge >= 0.3 is 12.0 Å². The molecule has 20 heavy (non-hydrogen) atoms. The predicted octanol–water partition coefficient (Wildman–Crippen LogP) is 1.94. The summed E-state index contributed by atoms with van der Waals surface area (Å²) < 4.78 is 4.77. The van der Waals surface area contributed by atoms with E-state index in [0.29, 0.717) is 12.5 Å². The molecule has 1 aliphatic heterocycles. The number of amides is 2. The van der Waals surface area contributed by atoms with E-state index in [2.05, 4.69) is 17.5 Å². The number of carbonyl (C=O) groups is 2. The number of methoxy groups -OCH3 is 1. The van der Waals surface area contributed by atoms with Gasteiger partial charge in [0.2, 0.25) is 0 Å². The summed E-state index contributed by atoms with van der Waals surface area (Å²) in [6.07, 6.45) is 9.35. The number of rotatable bonds is 3. The lowest BCUT2D eigenvalue weighted by molar-refractivity contribution is -0.146. The van der Waals surface area contributed by atoms with Crippen molar-refractivity contribution in [3.05, 3.63) is 12.2 Å². The molecule has 1 aliphatic carbocycles. The number of likely N-dealkylation sites (tertiary alicyclic amines) is 1. The predicted molar refractivity (Wildman–Crippen MR) is 76.2 cm³/mol. The van der Waals surface area contributed by atoms with Crippen LogP contribution in [0.1, 0.15) is 32.1 Å². The first-order valence-electron chi connectivity index (χ1n) is 7.46. The van der Waals surface area contributed by atoms with E-state index in [4.69, 9.17) is 4.74 Å². The summed E-state index contributed by atoms with van der Waals surface area (Å²) in [5.74, 6) is 0.169. The van der Waals surface area contributed by atoms with Crippen molar-refractivity contribution in [2.24, 2.45) is 11.8 Å². The second kappa shape index (κ2) is 7.31. The molecule has 5 heteroatoms. The monoisotopic (exact) mass is 280 g/mol. The van der Waals surface area contributed by atoms with Crippen LogP contribution >= 0.6 is 0 Å². The summed E-state index contributed by atoms with van der Waals surface area (Å²) in [4.78, 5) is 25.4. The minimum Gasteiger partial charge on any atom is -0.469 e. The summed E-state index contributed by atoms with van der Waals surface area (Å²) in [5.41, 5.74) is 0. The van der Waals surface area contributed by atoms with Gasteiger partial charge in [-0.2, -0.15) is 0 Å². The highest BCUT2D eigenvalue weighted by Crippen LogP contribution is 2.19. The molecule has 0 radical (unpaired) electrons. The molecule has 0 aromatic rings. The molecule has 0 aromatic heterocycles. The molecular formula is C15H24N2O3.